The van der Waals surface area contributed by atoms with Gasteiger partial charge in [-0.05, 0) is 68.3 Å². The maximum Gasteiger partial charge on any atom is 0.244 e. The van der Waals surface area contributed by atoms with Gasteiger partial charge in [-0.1, -0.05) is 0 Å². The summed E-state index contributed by atoms with van der Waals surface area (Å²) in [4.78, 5) is 27.7. The van der Waals surface area contributed by atoms with Crippen LogP contribution >= 0.6 is 0 Å². The molecule has 1 aromatic heterocycles. The molecule has 4 rings (SSSR count). The molecule has 1 saturated heterocycles. The molecule has 0 bridgehead atoms. The van der Waals surface area contributed by atoms with Crippen molar-refractivity contribution in [3.63, 3.8) is 0 Å². The fourth-order valence-corrected chi connectivity index (χ4v) is 3.17. The van der Waals surface area contributed by atoms with Crippen molar-refractivity contribution in [3.05, 3.63) is 67.0 Å². The summed E-state index contributed by atoms with van der Waals surface area (Å²) in [5.74, 6) is 1.01. The lowest BCUT2D eigenvalue weighted by molar-refractivity contribution is -0.132. The van der Waals surface area contributed by atoms with E-state index in [1.165, 1.54) is 18.5 Å². The number of hydrogen-bond donors (Lipinski definition) is 1. The maximum atomic E-state index is 12.7. The zero-order valence-corrected chi connectivity index (χ0v) is 17.1. The normalized spacial score (nSPS) is 15.0. The average molecular weight is 425 g/mol. The molecule has 1 fully saturated rings. The Morgan fingerprint density at radius 1 is 1.19 bits per heavy atom. The average Bonchev–Trinajstić information content (AvgIpc) is 3.43. The zero-order valence-electron chi connectivity index (χ0n) is 17.1. The largest absolute Gasteiger partial charge is 0.457 e. The van der Waals surface area contributed by atoms with Crippen LogP contribution in [0.4, 0.5) is 10.1 Å². The van der Waals surface area contributed by atoms with Crippen LogP contribution in [0, 0.1) is 5.82 Å². The van der Waals surface area contributed by atoms with E-state index in [9.17, 15) is 14.0 Å². The van der Waals surface area contributed by atoms with E-state index in [-0.39, 0.29) is 11.7 Å². The minimum absolute atomic E-state index is 0.139. The van der Waals surface area contributed by atoms with Crippen LogP contribution in [0.3, 0.4) is 0 Å². The van der Waals surface area contributed by atoms with Crippen LogP contribution in [0.1, 0.15) is 19.8 Å². The maximum absolute atomic E-state index is 12.7. The molecule has 1 aliphatic heterocycles. The van der Waals surface area contributed by atoms with Gasteiger partial charge in [0.1, 0.15) is 36.5 Å². The lowest BCUT2D eigenvalue weighted by atomic mass is 10.2. The molecule has 0 unspecified atom stereocenters. The van der Waals surface area contributed by atoms with Gasteiger partial charge in [0.25, 0.3) is 0 Å². The molecule has 162 valence electrons. The van der Waals surface area contributed by atoms with E-state index in [2.05, 4.69) is 22.3 Å². The van der Waals surface area contributed by atoms with Crippen LogP contribution in [-0.4, -0.2) is 44.6 Å². The van der Waals surface area contributed by atoms with Gasteiger partial charge in [-0.15, -0.1) is 0 Å². The van der Waals surface area contributed by atoms with Gasteiger partial charge in [0.05, 0.1) is 0 Å². The Morgan fingerprint density at radius 3 is 2.42 bits per heavy atom. The van der Waals surface area contributed by atoms with Crippen LogP contribution in [0.25, 0.3) is 0 Å². The van der Waals surface area contributed by atoms with Crippen molar-refractivity contribution in [1.29, 1.82) is 0 Å². The molecule has 1 atom stereocenters. The van der Waals surface area contributed by atoms with Gasteiger partial charge in [-0.2, -0.15) is 5.10 Å². The molecule has 2 aromatic carbocycles. The highest BCUT2D eigenvalue weighted by Gasteiger charge is 2.24. The molecule has 0 radical (unpaired) electrons. The SMILES string of the molecule is C[C@@H]1CCCN1C(=O)Cn1cncn1.O=CNc1ccc(Oc2ccc(F)cc2)cc1. The second-order valence-electron chi connectivity index (χ2n) is 7.01. The molecule has 2 heterocycles. The van der Waals surface area contributed by atoms with E-state index in [0.29, 0.717) is 36.2 Å². The van der Waals surface area contributed by atoms with Crippen LogP contribution in [-0.2, 0) is 16.1 Å². The third-order valence-electron chi connectivity index (χ3n) is 4.77. The summed E-state index contributed by atoms with van der Waals surface area (Å²) in [5, 5.41) is 6.43. The van der Waals surface area contributed by atoms with Crippen molar-refractivity contribution in [2.24, 2.45) is 0 Å². The fourth-order valence-electron chi connectivity index (χ4n) is 3.17. The Morgan fingerprint density at radius 2 is 1.87 bits per heavy atom. The number of rotatable bonds is 6. The van der Waals surface area contributed by atoms with Crippen molar-refractivity contribution in [2.45, 2.75) is 32.4 Å². The highest BCUT2D eigenvalue weighted by Crippen LogP contribution is 2.23. The summed E-state index contributed by atoms with van der Waals surface area (Å²) >= 11 is 0. The minimum Gasteiger partial charge on any atom is -0.457 e. The number of nitrogens with zero attached hydrogens (tertiary/aromatic N) is 4. The highest BCUT2D eigenvalue weighted by molar-refractivity contribution is 5.76. The number of carbonyl (C=O) groups excluding carboxylic acids is 2. The highest BCUT2D eigenvalue weighted by atomic mass is 19.1. The number of benzene rings is 2. The summed E-state index contributed by atoms with van der Waals surface area (Å²) in [5.41, 5.74) is 0.687. The topological polar surface area (TPSA) is 89.4 Å². The Hall–Kier alpha value is -3.75. The number of halogens is 1. The second kappa shape index (κ2) is 10.9. The molecule has 31 heavy (non-hydrogen) atoms. The summed E-state index contributed by atoms with van der Waals surface area (Å²) in [6, 6.07) is 13.0. The predicted molar refractivity (Wildman–Crippen MR) is 113 cm³/mol. The van der Waals surface area contributed by atoms with E-state index in [4.69, 9.17) is 4.74 Å². The number of nitrogens with one attached hydrogen (secondary N) is 1. The lowest BCUT2D eigenvalue weighted by Crippen LogP contribution is -2.36. The van der Waals surface area contributed by atoms with Gasteiger partial charge in [-0.3, -0.25) is 9.59 Å². The molecule has 9 heteroatoms. The van der Waals surface area contributed by atoms with E-state index in [0.717, 1.165) is 19.4 Å². The Kier molecular flexibility index (Phi) is 7.69. The summed E-state index contributed by atoms with van der Waals surface area (Å²) in [6.07, 6.45) is 5.85. The number of ether oxygens (including phenoxy) is 1. The van der Waals surface area contributed by atoms with Crippen LogP contribution in [0.5, 0.6) is 11.5 Å². The van der Waals surface area contributed by atoms with Crippen LogP contribution in [0.2, 0.25) is 0 Å². The monoisotopic (exact) mass is 425 g/mol. The minimum atomic E-state index is -0.303. The summed E-state index contributed by atoms with van der Waals surface area (Å²) < 4.78 is 19.7. The van der Waals surface area contributed by atoms with Gasteiger partial charge in [0.2, 0.25) is 12.3 Å². The van der Waals surface area contributed by atoms with Gasteiger partial charge in [0, 0.05) is 18.3 Å². The quantitative estimate of drug-likeness (QED) is 0.611. The molecule has 1 N–H and O–H groups in total. The Bertz CT molecular complexity index is 962. The third kappa shape index (κ3) is 6.63. The van der Waals surface area contributed by atoms with Gasteiger partial charge in [0.15, 0.2) is 0 Å². The first-order valence-corrected chi connectivity index (χ1v) is 9.90. The van der Waals surface area contributed by atoms with Crippen molar-refractivity contribution in [1.82, 2.24) is 19.7 Å². The van der Waals surface area contributed by atoms with E-state index >= 15 is 0 Å². The zero-order chi connectivity index (χ0) is 22.1. The van der Waals surface area contributed by atoms with Crippen LogP contribution in [0.15, 0.2) is 61.2 Å². The lowest BCUT2D eigenvalue weighted by Gasteiger charge is -2.20. The molecule has 1 aliphatic rings. The number of likely N-dealkylation sites (tertiary alicyclic amines) is 1. The first-order chi connectivity index (χ1) is 15.0. The Labute approximate surface area is 179 Å². The number of amides is 2. The number of anilines is 1. The predicted octanol–water partition coefficient (Wildman–Crippen LogP) is 3.48. The fraction of sp³-hybridized carbons (Fsp3) is 0.273. The van der Waals surface area contributed by atoms with E-state index in [1.54, 1.807) is 47.4 Å². The van der Waals surface area contributed by atoms with Crippen molar-refractivity contribution in [3.8, 4) is 11.5 Å². The van der Waals surface area contributed by atoms with Crippen LogP contribution < -0.4 is 10.1 Å². The number of carbonyl (C=O) groups is 2. The molecular formula is C22H24FN5O3. The van der Waals surface area contributed by atoms with E-state index in [1.807, 2.05) is 4.90 Å². The van der Waals surface area contributed by atoms with Crippen molar-refractivity contribution < 1.29 is 18.7 Å². The van der Waals surface area contributed by atoms with E-state index < -0.39 is 0 Å². The van der Waals surface area contributed by atoms with Gasteiger partial charge >= 0.3 is 0 Å². The number of hydrogen-bond acceptors (Lipinski definition) is 5. The standard InChI is InChI=1S/C13H10FNO2.C9H14N4O/c14-10-1-5-12(6-2-10)17-13-7-3-11(4-8-13)15-9-16;1-8-3-2-4-13(8)9(14)5-12-7-10-6-11-12/h1-9H,(H,15,16);6-8H,2-5H2,1H3/t;8-/m.1/s1. The van der Waals surface area contributed by atoms with Crippen molar-refractivity contribution in [2.75, 3.05) is 11.9 Å². The van der Waals surface area contributed by atoms with Crippen molar-refractivity contribution >= 4 is 18.0 Å². The molecule has 0 saturated carbocycles. The Balaban J connectivity index is 0.000000179. The molecule has 3 aromatic rings. The molecule has 2 amide bonds. The first kappa shape index (κ1) is 21.9. The molecule has 0 aliphatic carbocycles. The third-order valence-corrected chi connectivity index (χ3v) is 4.77. The smallest absolute Gasteiger partial charge is 0.244 e. The van der Waals surface area contributed by atoms with Gasteiger partial charge < -0.3 is 15.0 Å². The second-order valence-corrected chi connectivity index (χ2v) is 7.01. The molecular weight excluding hydrogens is 401 g/mol. The first-order valence-electron chi connectivity index (χ1n) is 9.90. The summed E-state index contributed by atoms with van der Waals surface area (Å²) in [6.45, 7) is 3.28. The molecule has 8 nitrogen and oxygen atoms in total. The number of aromatic nitrogens is 3. The van der Waals surface area contributed by atoms with Gasteiger partial charge in [-0.25, -0.2) is 14.1 Å². The summed E-state index contributed by atoms with van der Waals surface area (Å²) in [7, 11) is 0. The molecule has 0 spiro atoms.